The molecule has 0 aliphatic rings. The molecule has 0 aromatic carbocycles. The summed E-state index contributed by atoms with van der Waals surface area (Å²) in [5.74, 6) is 0.884. The Bertz CT molecular complexity index is 289. The van der Waals surface area contributed by atoms with Crippen LogP contribution >= 0.6 is 11.8 Å². The Labute approximate surface area is 88.3 Å². The number of ketones is 1. The fourth-order valence-corrected chi connectivity index (χ4v) is 1.69. The normalized spacial score (nSPS) is 12.4. The maximum Gasteiger partial charge on any atom is 0.187 e. The number of nitrogens with zero attached hydrogens (tertiary/aromatic N) is 2. The van der Waals surface area contributed by atoms with E-state index in [0.717, 1.165) is 6.42 Å². The first-order chi connectivity index (χ1) is 6.74. The van der Waals surface area contributed by atoms with E-state index in [1.54, 1.807) is 18.5 Å². The molecule has 3 nitrogen and oxygen atoms in total. The second-order valence-corrected chi connectivity index (χ2v) is 4.04. The molecule has 0 radical (unpaired) electrons. The molecule has 0 aliphatic carbocycles. The van der Waals surface area contributed by atoms with E-state index in [-0.39, 0.29) is 11.7 Å². The molecule has 0 bridgehead atoms. The van der Waals surface area contributed by atoms with Crippen molar-refractivity contribution in [2.45, 2.75) is 25.4 Å². The second kappa shape index (κ2) is 5.75. The third-order valence-corrected chi connectivity index (χ3v) is 2.95. The topological polar surface area (TPSA) is 42.9 Å². The van der Waals surface area contributed by atoms with Crippen molar-refractivity contribution < 1.29 is 4.79 Å². The van der Waals surface area contributed by atoms with E-state index in [1.807, 2.05) is 13.8 Å². The number of hydrogen-bond donors (Lipinski definition) is 0. The standard InChI is InChI=1S/C10H14N2OS/c1-3-8(2)9(13)7-14-10-11-5-4-6-12-10/h4-6,8H,3,7H2,1-2H3. The highest BCUT2D eigenvalue weighted by Gasteiger charge is 2.11. The Morgan fingerprint density at radius 2 is 2.14 bits per heavy atom. The molecule has 0 spiro atoms. The minimum Gasteiger partial charge on any atom is -0.298 e. The monoisotopic (exact) mass is 210 g/mol. The van der Waals surface area contributed by atoms with Crippen molar-refractivity contribution in [2.75, 3.05) is 5.75 Å². The highest BCUT2D eigenvalue weighted by atomic mass is 32.2. The number of carbonyl (C=O) groups is 1. The third-order valence-electron chi connectivity index (χ3n) is 2.05. The maximum absolute atomic E-state index is 11.5. The average molecular weight is 210 g/mol. The minimum atomic E-state index is 0.145. The van der Waals surface area contributed by atoms with Gasteiger partial charge >= 0.3 is 0 Å². The molecule has 4 heteroatoms. The lowest BCUT2D eigenvalue weighted by Crippen LogP contribution is -2.12. The molecule has 0 aliphatic heterocycles. The van der Waals surface area contributed by atoms with Gasteiger partial charge in [-0.1, -0.05) is 25.6 Å². The molecule has 1 aromatic heterocycles. The Kier molecular flexibility index (Phi) is 4.59. The Balaban J connectivity index is 2.38. The Morgan fingerprint density at radius 3 is 2.71 bits per heavy atom. The molecule has 0 fully saturated rings. The van der Waals surface area contributed by atoms with Crippen molar-refractivity contribution in [3.8, 4) is 0 Å². The summed E-state index contributed by atoms with van der Waals surface area (Å²) in [6.45, 7) is 3.97. The average Bonchev–Trinajstić information content (AvgIpc) is 2.26. The second-order valence-electron chi connectivity index (χ2n) is 3.10. The van der Waals surface area contributed by atoms with E-state index in [0.29, 0.717) is 10.9 Å². The number of thioether (sulfide) groups is 1. The molecule has 0 saturated heterocycles. The first-order valence-corrected chi connectivity index (χ1v) is 5.65. The van der Waals surface area contributed by atoms with Gasteiger partial charge in [-0.3, -0.25) is 4.79 Å². The first-order valence-electron chi connectivity index (χ1n) is 4.66. The number of Topliss-reactive ketones (excluding diaryl/α,β-unsaturated/α-hetero) is 1. The van der Waals surface area contributed by atoms with E-state index in [1.165, 1.54) is 11.8 Å². The van der Waals surface area contributed by atoms with E-state index in [4.69, 9.17) is 0 Å². The summed E-state index contributed by atoms with van der Waals surface area (Å²) in [5.41, 5.74) is 0. The number of carbonyl (C=O) groups excluding carboxylic acids is 1. The zero-order chi connectivity index (χ0) is 10.4. The van der Waals surface area contributed by atoms with Crippen molar-refractivity contribution in [1.29, 1.82) is 0 Å². The first kappa shape index (κ1) is 11.2. The molecule has 0 amide bonds. The number of aromatic nitrogens is 2. The van der Waals surface area contributed by atoms with Gasteiger partial charge in [0.15, 0.2) is 5.16 Å². The zero-order valence-electron chi connectivity index (χ0n) is 8.43. The summed E-state index contributed by atoms with van der Waals surface area (Å²) in [7, 11) is 0. The van der Waals surface area contributed by atoms with Crippen molar-refractivity contribution in [2.24, 2.45) is 5.92 Å². The van der Waals surface area contributed by atoms with Crippen molar-refractivity contribution in [3.63, 3.8) is 0 Å². The van der Waals surface area contributed by atoms with Crippen LogP contribution in [0.3, 0.4) is 0 Å². The minimum absolute atomic E-state index is 0.145. The van der Waals surface area contributed by atoms with Gasteiger partial charge in [0.1, 0.15) is 5.78 Å². The van der Waals surface area contributed by atoms with Gasteiger partial charge in [0.05, 0.1) is 5.75 Å². The molecule has 0 N–H and O–H groups in total. The van der Waals surface area contributed by atoms with Crippen LogP contribution in [0.2, 0.25) is 0 Å². The largest absolute Gasteiger partial charge is 0.298 e. The van der Waals surface area contributed by atoms with E-state index < -0.39 is 0 Å². The van der Waals surface area contributed by atoms with Crippen LogP contribution in [0.4, 0.5) is 0 Å². The van der Waals surface area contributed by atoms with Crippen molar-refractivity contribution in [3.05, 3.63) is 18.5 Å². The van der Waals surface area contributed by atoms with Crippen molar-refractivity contribution >= 4 is 17.5 Å². The van der Waals surface area contributed by atoms with E-state index in [9.17, 15) is 4.79 Å². The molecule has 14 heavy (non-hydrogen) atoms. The predicted molar refractivity (Wildman–Crippen MR) is 57.2 cm³/mol. The van der Waals surface area contributed by atoms with Crippen LogP contribution in [0.1, 0.15) is 20.3 Å². The van der Waals surface area contributed by atoms with Crippen LogP contribution in [0.25, 0.3) is 0 Å². The van der Waals surface area contributed by atoms with Gasteiger partial charge in [-0.15, -0.1) is 0 Å². The number of hydrogen-bond acceptors (Lipinski definition) is 4. The van der Waals surface area contributed by atoms with E-state index in [2.05, 4.69) is 9.97 Å². The lowest BCUT2D eigenvalue weighted by atomic mass is 10.1. The quantitative estimate of drug-likeness (QED) is 0.552. The summed E-state index contributed by atoms with van der Waals surface area (Å²) in [5, 5.41) is 0.671. The van der Waals surface area contributed by atoms with Crippen LogP contribution in [0.15, 0.2) is 23.6 Å². The van der Waals surface area contributed by atoms with Crippen LogP contribution in [0, 0.1) is 5.92 Å². The smallest absolute Gasteiger partial charge is 0.187 e. The van der Waals surface area contributed by atoms with Gasteiger partial charge in [0, 0.05) is 18.3 Å². The molecular formula is C10H14N2OS. The molecular weight excluding hydrogens is 196 g/mol. The highest BCUT2D eigenvalue weighted by Crippen LogP contribution is 2.14. The van der Waals surface area contributed by atoms with Crippen LogP contribution in [-0.4, -0.2) is 21.5 Å². The van der Waals surface area contributed by atoms with Gasteiger partial charge in [-0.05, 0) is 12.5 Å². The van der Waals surface area contributed by atoms with Gasteiger partial charge in [-0.2, -0.15) is 0 Å². The summed E-state index contributed by atoms with van der Waals surface area (Å²) in [6.07, 6.45) is 4.27. The number of rotatable bonds is 5. The summed E-state index contributed by atoms with van der Waals surface area (Å²) < 4.78 is 0. The van der Waals surface area contributed by atoms with Crippen LogP contribution < -0.4 is 0 Å². The van der Waals surface area contributed by atoms with E-state index >= 15 is 0 Å². The molecule has 0 saturated carbocycles. The highest BCUT2D eigenvalue weighted by molar-refractivity contribution is 7.99. The lowest BCUT2D eigenvalue weighted by Gasteiger charge is -2.05. The molecule has 1 unspecified atom stereocenters. The summed E-state index contributed by atoms with van der Waals surface area (Å²) >= 11 is 1.40. The summed E-state index contributed by atoms with van der Waals surface area (Å²) in [4.78, 5) is 19.5. The molecule has 1 aromatic rings. The fraction of sp³-hybridized carbons (Fsp3) is 0.500. The van der Waals surface area contributed by atoms with Crippen LogP contribution in [-0.2, 0) is 4.79 Å². The van der Waals surface area contributed by atoms with Gasteiger partial charge in [0.25, 0.3) is 0 Å². The molecule has 1 heterocycles. The van der Waals surface area contributed by atoms with Crippen LogP contribution in [0.5, 0.6) is 0 Å². The molecule has 76 valence electrons. The SMILES string of the molecule is CCC(C)C(=O)CSc1ncccn1. The Hall–Kier alpha value is -0.900. The molecule has 1 atom stereocenters. The summed E-state index contributed by atoms with van der Waals surface area (Å²) in [6, 6.07) is 1.76. The zero-order valence-corrected chi connectivity index (χ0v) is 9.25. The fourth-order valence-electron chi connectivity index (χ4n) is 0.866. The predicted octanol–water partition coefficient (Wildman–Crippen LogP) is 2.18. The van der Waals surface area contributed by atoms with Crippen molar-refractivity contribution in [1.82, 2.24) is 9.97 Å². The Morgan fingerprint density at radius 1 is 1.50 bits per heavy atom. The lowest BCUT2D eigenvalue weighted by molar-refractivity contribution is -0.119. The maximum atomic E-state index is 11.5. The van der Waals surface area contributed by atoms with Gasteiger partial charge in [-0.25, -0.2) is 9.97 Å². The van der Waals surface area contributed by atoms with Gasteiger partial charge in [0.2, 0.25) is 0 Å². The third kappa shape index (κ3) is 3.46. The molecule has 1 rings (SSSR count). The van der Waals surface area contributed by atoms with Gasteiger partial charge < -0.3 is 0 Å².